The first-order valence-corrected chi connectivity index (χ1v) is 10.3. The van der Waals surface area contributed by atoms with Crippen molar-refractivity contribution < 1.29 is 9.18 Å². The molecular weight excluding hydrogens is 361 g/mol. The van der Waals surface area contributed by atoms with Crippen molar-refractivity contribution in [3.05, 3.63) is 53.8 Å². The second-order valence-electron chi connectivity index (χ2n) is 6.71. The van der Waals surface area contributed by atoms with Crippen LogP contribution in [0, 0.1) is 12.7 Å². The first-order chi connectivity index (χ1) is 13.0. The average Bonchev–Trinajstić information content (AvgIpc) is 2.69. The topological polar surface area (TPSA) is 35.6 Å². The summed E-state index contributed by atoms with van der Waals surface area (Å²) in [5.41, 5.74) is 3.11. The van der Waals surface area contributed by atoms with Gasteiger partial charge in [0, 0.05) is 42.4 Å². The first kappa shape index (κ1) is 19.7. The smallest absolute Gasteiger partial charge is 0.234 e. The lowest BCUT2D eigenvalue weighted by Crippen LogP contribution is -2.46. The summed E-state index contributed by atoms with van der Waals surface area (Å²) in [6, 6.07) is 12.4. The molecule has 1 aliphatic heterocycles. The van der Waals surface area contributed by atoms with Gasteiger partial charge in [0.05, 0.1) is 5.75 Å². The number of aryl methyl sites for hydroxylation is 1. The molecule has 0 radical (unpaired) electrons. The average molecular weight is 388 g/mol. The summed E-state index contributed by atoms with van der Waals surface area (Å²) in [5, 5.41) is 2.98. The quantitative estimate of drug-likeness (QED) is 0.760. The van der Waals surface area contributed by atoms with Gasteiger partial charge in [0.15, 0.2) is 0 Å². The van der Waals surface area contributed by atoms with E-state index >= 15 is 0 Å². The van der Waals surface area contributed by atoms with Crippen LogP contribution in [-0.2, 0) is 4.79 Å². The van der Waals surface area contributed by atoms with Gasteiger partial charge in [0.2, 0.25) is 5.91 Å². The lowest BCUT2D eigenvalue weighted by atomic mass is 10.1. The van der Waals surface area contributed by atoms with Crippen molar-refractivity contribution in [1.82, 2.24) is 4.90 Å². The number of nitrogens with one attached hydrogen (secondary N) is 1. The maximum absolute atomic E-state index is 12.9. The summed E-state index contributed by atoms with van der Waals surface area (Å²) in [4.78, 5) is 18.0. The fraction of sp³-hybridized carbons (Fsp3) is 0.381. The summed E-state index contributed by atoms with van der Waals surface area (Å²) in [7, 11) is 0. The van der Waals surface area contributed by atoms with Crippen molar-refractivity contribution in [3.63, 3.8) is 0 Å². The van der Waals surface area contributed by atoms with E-state index < -0.39 is 0 Å². The van der Waals surface area contributed by atoms with Crippen LogP contribution >= 0.6 is 11.8 Å². The second kappa shape index (κ2) is 9.24. The Kier molecular flexibility index (Phi) is 6.74. The van der Waals surface area contributed by atoms with Crippen LogP contribution in [-0.4, -0.2) is 49.3 Å². The van der Waals surface area contributed by atoms with Crippen LogP contribution in [0.15, 0.2) is 47.4 Å². The molecule has 4 nitrogen and oxygen atoms in total. The third kappa shape index (κ3) is 5.47. The van der Waals surface area contributed by atoms with E-state index in [9.17, 15) is 9.18 Å². The first-order valence-electron chi connectivity index (χ1n) is 9.31. The van der Waals surface area contributed by atoms with Crippen molar-refractivity contribution in [3.8, 4) is 0 Å². The van der Waals surface area contributed by atoms with Gasteiger partial charge in [-0.1, -0.05) is 6.92 Å². The number of hydrogen-bond acceptors (Lipinski definition) is 4. The zero-order valence-corrected chi connectivity index (χ0v) is 16.7. The van der Waals surface area contributed by atoms with E-state index in [0.717, 1.165) is 48.9 Å². The van der Waals surface area contributed by atoms with Gasteiger partial charge in [-0.25, -0.2) is 4.39 Å². The van der Waals surface area contributed by atoms with E-state index in [-0.39, 0.29) is 11.7 Å². The van der Waals surface area contributed by atoms with Gasteiger partial charge in [-0.2, -0.15) is 0 Å². The minimum atomic E-state index is -0.268. The summed E-state index contributed by atoms with van der Waals surface area (Å²) >= 11 is 1.40. The number of thioether (sulfide) groups is 1. The number of rotatable bonds is 6. The van der Waals surface area contributed by atoms with Crippen molar-refractivity contribution in [1.29, 1.82) is 0 Å². The minimum Gasteiger partial charge on any atom is -0.369 e. The van der Waals surface area contributed by atoms with Crippen molar-refractivity contribution >= 4 is 29.0 Å². The fourth-order valence-corrected chi connectivity index (χ4v) is 3.87. The molecule has 1 heterocycles. The molecule has 0 atom stereocenters. The number of anilines is 2. The minimum absolute atomic E-state index is 0.0586. The van der Waals surface area contributed by atoms with E-state index in [1.54, 1.807) is 12.1 Å². The van der Waals surface area contributed by atoms with Gasteiger partial charge in [-0.3, -0.25) is 4.79 Å². The zero-order valence-electron chi connectivity index (χ0n) is 15.9. The van der Waals surface area contributed by atoms with Gasteiger partial charge >= 0.3 is 0 Å². The molecule has 0 spiro atoms. The maximum atomic E-state index is 12.9. The molecule has 2 aromatic carbocycles. The molecule has 2 aromatic rings. The Labute approximate surface area is 164 Å². The number of carbonyl (C=O) groups is 1. The van der Waals surface area contributed by atoms with E-state index in [1.807, 2.05) is 13.0 Å². The molecule has 0 bridgehead atoms. The molecule has 0 unspecified atom stereocenters. The van der Waals surface area contributed by atoms with Crippen molar-refractivity contribution in [2.75, 3.05) is 48.7 Å². The lowest BCUT2D eigenvalue weighted by Gasteiger charge is -2.35. The Morgan fingerprint density at radius 1 is 1.11 bits per heavy atom. The molecule has 0 aliphatic carbocycles. The highest BCUT2D eigenvalue weighted by Gasteiger charge is 2.16. The number of halogens is 1. The third-order valence-electron chi connectivity index (χ3n) is 4.85. The molecule has 144 valence electrons. The third-order valence-corrected chi connectivity index (χ3v) is 5.86. The number of likely N-dealkylation sites (N-methyl/N-ethyl adjacent to an activating group) is 1. The van der Waals surface area contributed by atoms with Crippen LogP contribution in [0.25, 0.3) is 0 Å². The SMILES string of the molecule is CCN1CCN(c2ccc(NC(=O)CSc3ccc(F)cc3)c(C)c2)CC1. The standard InChI is InChI=1S/C21H26FN3OS/c1-3-24-10-12-25(13-11-24)18-6-9-20(16(2)14-18)23-21(26)15-27-19-7-4-17(22)5-8-19/h4-9,14H,3,10-13,15H2,1-2H3,(H,23,26). The Balaban J connectivity index is 1.54. The number of carbonyl (C=O) groups excluding carboxylic acids is 1. The van der Waals surface area contributed by atoms with Crippen LogP contribution < -0.4 is 10.2 Å². The number of hydrogen-bond donors (Lipinski definition) is 1. The van der Waals surface area contributed by atoms with E-state index in [2.05, 4.69) is 34.2 Å². The van der Waals surface area contributed by atoms with Crippen molar-refractivity contribution in [2.45, 2.75) is 18.7 Å². The van der Waals surface area contributed by atoms with E-state index in [0.29, 0.717) is 5.75 Å². The highest BCUT2D eigenvalue weighted by atomic mass is 32.2. The Hall–Kier alpha value is -2.05. The number of amides is 1. The van der Waals surface area contributed by atoms with Gasteiger partial charge < -0.3 is 15.1 Å². The number of benzene rings is 2. The van der Waals surface area contributed by atoms with E-state index in [4.69, 9.17) is 0 Å². The molecule has 1 amide bonds. The van der Waals surface area contributed by atoms with Gasteiger partial charge in [0.25, 0.3) is 0 Å². The van der Waals surface area contributed by atoms with Gasteiger partial charge in [0.1, 0.15) is 5.82 Å². The van der Waals surface area contributed by atoms with Crippen LogP contribution in [0.3, 0.4) is 0 Å². The van der Waals surface area contributed by atoms with Crippen molar-refractivity contribution in [2.24, 2.45) is 0 Å². The molecule has 1 N–H and O–H groups in total. The summed E-state index contributed by atoms with van der Waals surface area (Å²) in [5.74, 6) is -0.0291. The van der Waals surface area contributed by atoms with Gasteiger partial charge in [-0.05, 0) is 61.5 Å². The Morgan fingerprint density at radius 2 is 1.81 bits per heavy atom. The molecule has 6 heteroatoms. The summed E-state index contributed by atoms with van der Waals surface area (Å²) in [6.45, 7) is 9.58. The summed E-state index contributed by atoms with van der Waals surface area (Å²) in [6.07, 6.45) is 0. The predicted octanol–water partition coefficient (Wildman–Crippen LogP) is 4.01. The Morgan fingerprint density at radius 3 is 2.44 bits per heavy atom. The highest BCUT2D eigenvalue weighted by molar-refractivity contribution is 8.00. The van der Waals surface area contributed by atoms with Crippen LogP contribution in [0.5, 0.6) is 0 Å². The molecular formula is C21H26FN3OS. The fourth-order valence-electron chi connectivity index (χ4n) is 3.17. The monoisotopic (exact) mass is 387 g/mol. The van der Waals surface area contributed by atoms with Gasteiger partial charge in [-0.15, -0.1) is 11.8 Å². The molecule has 0 aromatic heterocycles. The lowest BCUT2D eigenvalue weighted by molar-refractivity contribution is -0.113. The van der Waals surface area contributed by atoms with Crippen LogP contribution in [0.4, 0.5) is 15.8 Å². The number of nitrogens with zero attached hydrogens (tertiary/aromatic N) is 2. The second-order valence-corrected chi connectivity index (χ2v) is 7.76. The predicted molar refractivity (Wildman–Crippen MR) is 111 cm³/mol. The molecule has 27 heavy (non-hydrogen) atoms. The molecule has 3 rings (SSSR count). The van der Waals surface area contributed by atoms with Crippen LogP contribution in [0.1, 0.15) is 12.5 Å². The maximum Gasteiger partial charge on any atom is 0.234 e. The molecule has 1 fully saturated rings. The largest absolute Gasteiger partial charge is 0.369 e. The molecule has 0 saturated carbocycles. The van der Waals surface area contributed by atoms with Crippen LogP contribution in [0.2, 0.25) is 0 Å². The highest BCUT2D eigenvalue weighted by Crippen LogP contribution is 2.24. The zero-order chi connectivity index (χ0) is 19.2. The normalized spacial score (nSPS) is 15.0. The summed E-state index contributed by atoms with van der Waals surface area (Å²) < 4.78 is 12.9. The molecule has 1 aliphatic rings. The Bertz CT molecular complexity index is 773. The van der Waals surface area contributed by atoms with E-state index in [1.165, 1.54) is 29.6 Å². The number of piperazine rings is 1. The molecule has 1 saturated heterocycles.